The highest BCUT2D eigenvalue weighted by molar-refractivity contribution is 7.10. The van der Waals surface area contributed by atoms with E-state index in [9.17, 15) is 14.7 Å². The summed E-state index contributed by atoms with van der Waals surface area (Å²) in [6, 6.07) is 7.88. The van der Waals surface area contributed by atoms with Crippen LogP contribution in [0, 0.1) is 0 Å². The molecule has 1 aliphatic heterocycles. The minimum atomic E-state index is -0.683. The molecule has 154 valence electrons. The lowest BCUT2D eigenvalue weighted by atomic mass is 9.99. The van der Waals surface area contributed by atoms with Crippen molar-refractivity contribution < 1.29 is 19.4 Å². The number of benzene rings is 1. The maximum absolute atomic E-state index is 12.9. The van der Waals surface area contributed by atoms with Gasteiger partial charge < -0.3 is 19.6 Å². The molecule has 1 N–H and O–H groups in total. The number of hydrogen-bond acceptors (Lipinski definition) is 6. The molecule has 0 spiro atoms. The fourth-order valence-corrected chi connectivity index (χ4v) is 4.48. The van der Waals surface area contributed by atoms with E-state index in [1.165, 1.54) is 24.5 Å². The number of likely N-dealkylation sites (tertiary alicyclic amines) is 1. The van der Waals surface area contributed by atoms with Crippen LogP contribution in [-0.2, 0) is 9.59 Å². The molecule has 0 saturated carbocycles. The van der Waals surface area contributed by atoms with Gasteiger partial charge in [-0.1, -0.05) is 17.7 Å². The summed E-state index contributed by atoms with van der Waals surface area (Å²) in [6.45, 7) is 1.21. The number of hydrogen-bond donors (Lipinski definition) is 1. The first kappa shape index (κ1) is 21.4. The fraction of sp³-hybridized carbons (Fsp3) is 0.333. The number of ketones is 1. The van der Waals surface area contributed by atoms with Gasteiger partial charge in [-0.15, -0.1) is 11.3 Å². The highest BCUT2D eigenvalue weighted by Crippen LogP contribution is 2.41. The van der Waals surface area contributed by atoms with E-state index in [0.29, 0.717) is 22.9 Å². The molecule has 29 heavy (non-hydrogen) atoms. The lowest BCUT2D eigenvalue weighted by Gasteiger charge is -2.24. The number of carbonyl (C=O) groups excluding carboxylic acids is 2. The highest BCUT2D eigenvalue weighted by Gasteiger charge is 2.46. The van der Waals surface area contributed by atoms with Crippen LogP contribution in [-0.4, -0.2) is 60.9 Å². The second-order valence-electron chi connectivity index (χ2n) is 7.01. The smallest absolute Gasteiger partial charge is 0.295 e. The first-order chi connectivity index (χ1) is 13.8. The lowest BCUT2D eigenvalue weighted by Crippen LogP contribution is -2.32. The standard InChI is InChI=1S/C21H23ClN2O4S/c1-23(2)9-5-10-24-18(16-6-4-11-29-16)17(20(26)21(24)27)19(25)13-7-8-15(28-3)14(22)12-13/h4,6-8,11-12,18,25H,5,9-10H2,1-3H3/t18-/m0/s1. The minimum absolute atomic E-state index is 0.0866. The number of aliphatic hydroxyl groups is 1. The number of nitrogens with zero attached hydrogens (tertiary/aromatic N) is 2. The van der Waals surface area contributed by atoms with Crippen LogP contribution in [0.1, 0.15) is 22.9 Å². The molecule has 1 aromatic carbocycles. The Morgan fingerprint density at radius 3 is 2.66 bits per heavy atom. The van der Waals surface area contributed by atoms with Crippen molar-refractivity contribution >= 4 is 40.4 Å². The second-order valence-corrected chi connectivity index (χ2v) is 8.40. The third-order valence-electron chi connectivity index (χ3n) is 4.78. The summed E-state index contributed by atoms with van der Waals surface area (Å²) in [6.07, 6.45) is 0.719. The molecule has 1 saturated heterocycles. The molecule has 3 rings (SSSR count). The Kier molecular flexibility index (Phi) is 6.62. The number of Topliss-reactive ketones (excluding diaryl/α,β-unsaturated/α-hetero) is 1. The SMILES string of the molecule is COc1ccc(C(O)=C2C(=O)C(=O)N(CCCN(C)C)[C@H]2c2cccs2)cc1Cl. The first-order valence-corrected chi connectivity index (χ1v) is 10.4. The van der Waals surface area contributed by atoms with Gasteiger partial charge in [0.25, 0.3) is 11.7 Å². The maximum Gasteiger partial charge on any atom is 0.295 e. The Bertz CT molecular complexity index is 940. The highest BCUT2D eigenvalue weighted by atomic mass is 35.5. The summed E-state index contributed by atoms with van der Waals surface area (Å²) in [7, 11) is 5.41. The van der Waals surface area contributed by atoms with Gasteiger partial charge in [0.05, 0.1) is 23.7 Å². The third kappa shape index (κ3) is 4.32. The summed E-state index contributed by atoms with van der Waals surface area (Å²) in [5.41, 5.74) is 0.451. The van der Waals surface area contributed by atoms with Gasteiger partial charge in [-0.2, -0.15) is 0 Å². The van der Waals surface area contributed by atoms with Crippen molar-refractivity contribution in [2.24, 2.45) is 0 Å². The van der Waals surface area contributed by atoms with Crippen molar-refractivity contribution in [2.75, 3.05) is 34.3 Å². The average Bonchev–Trinajstić information content (AvgIpc) is 3.29. The fourth-order valence-electron chi connectivity index (χ4n) is 3.38. The summed E-state index contributed by atoms with van der Waals surface area (Å²) >= 11 is 7.63. The van der Waals surface area contributed by atoms with E-state index in [1.54, 1.807) is 17.0 Å². The van der Waals surface area contributed by atoms with E-state index >= 15 is 0 Å². The monoisotopic (exact) mass is 434 g/mol. The molecule has 0 bridgehead atoms. The van der Waals surface area contributed by atoms with E-state index in [4.69, 9.17) is 16.3 Å². The van der Waals surface area contributed by atoms with Crippen LogP contribution in [0.4, 0.5) is 0 Å². The Hall–Kier alpha value is -2.35. The normalized spacial score (nSPS) is 18.7. The van der Waals surface area contributed by atoms with Crippen LogP contribution >= 0.6 is 22.9 Å². The first-order valence-electron chi connectivity index (χ1n) is 9.15. The van der Waals surface area contributed by atoms with E-state index in [2.05, 4.69) is 0 Å². The number of carbonyl (C=O) groups is 2. The van der Waals surface area contributed by atoms with Crippen LogP contribution < -0.4 is 4.74 Å². The number of thiophene rings is 1. The molecular formula is C21H23ClN2O4S. The van der Waals surface area contributed by atoms with Gasteiger partial charge in [-0.05, 0) is 56.7 Å². The maximum atomic E-state index is 12.9. The van der Waals surface area contributed by atoms with Gasteiger partial charge in [0.15, 0.2) is 0 Å². The Morgan fingerprint density at radius 2 is 2.07 bits per heavy atom. The predicted octanol–water partition coefficient (Wildman–Crippen LogP) is 3.78. The van der Waals surface area contributed by atoms with E-state index < -0.39 is 17.7 Å². The summed E-state index contributed by atoms with van der Waals surface area (Å²) in [5.74, 6) is -1.05. The number of ether oxygens (including phenoxy) is 1. The Labute approximate surface area is 179 Å². The third-order valence-corrected chi connectivity index (χ3v) is 6.00. The predicted molar refractivity (Wildman–Crippen MR) is 115 cm³/mol. The average molecular weight is 435 g/mol. The van der Waals surface area contributed by atoms with Gasteiger partial charge in [-0.3, -0.25) is 9.59 Å². The second kappa shape index (κ2) is 8.98. The van der Waals surface area contributed by atoms with E-state index in [1.807, 2.05) is 36.5 Å². The molecule has 0 radical (unpaired) electrons. The molecule has 1 amide bonds. The summed E-state index contributed by atoms with van der Waals surface area (Å²) in [4.78, 5) is 30.0. The summed E-state index contributed by atoms with van der Waals surface area (Å²) in [5, 5.41) is 13.2. The number of rotatable bonds is 7. The molecular weight excluding hydrogens is 412 g/mol. The topological polar surface area (TPSA) is 70.1 Å². The quantitative estimate of drug-likeness (QED) is 0.408. The van der Waals surface area contributed by atoms with E-state index in [0.717, 1.165) is 17.8 Å². The van der Waals surface area contributed by atoms with Crippen LogP contribution in [0.5, 0.6) is 5.75 Å². The summed E-state index contributed by atoms with van der Waals surface area (Å²) < 4.78 is 5.14. The molecule has 0 aliphatic carbocycles. The zero-order chi connectivity index (χ0) is 21.1. The van der Waals surface area contributed by atoms with Crippen molar-refractivity contribution in [1.82, 2.24) is 9.80 Å². The van der Waals surface area contributed by atoms with Gasteiger partial charge in [-0.25, -0.2) is 0 Å². The Balaban J connectivity index is 2.05. The molecule has 2 aromatic rings. The number of methoxy groups -OCH3 is 1. The van der Waals surface area contributed by atoms with Gasteiger partial charge in [0.2, 0.25) is 0 Å². The Morgan fingerprint density at radius 1 is 1.31 bits per heavy atom. The van der Waals surface area contributed by atoms with Crippen molar-refractivity contribution in [1.29, 1.82) is 0 Å². The van der Waals surface area contributed by atoms with Crippen LogP contribution in [0.2, 0.25) is 5.02 Å². The molecule has 6 nitrogen and oxygen atoms in total. The molecule has 1 fully saturated rings. The molecule has 0 unspecified atom stereocenters. The number of amides is 1. The molecule has 2 heterocycles. The van der Waals surface area contributed by atoms with Crippen LogP contribution in [0.15, 0.2) is 41.3 Å². The largest absolute Gasteiger partial charge is 0.507 e. The molecule has 1 atom stereocenters. The van der Waals surface area contributed by atoms with Gasteiger partial charge >= 0.3 is 0 Å². The number of halogens is 1. The van der Waals surface area contributed by atoms with Gasteiger partial charge in [0, 0.05) is 17.0 Å². The lowest BCUT2D eigenvalue weighted by molar-refractivity contribution is -0.139. The van der Waals surface area contributed by atoms with Gasteiger partial charge in [0.1, 0.15) is 11.5 Å². The van der Waals surface area contributed by atoms with Crippen LogP contribution in [0.3, 0.4) is 0 Å². The molecule has 8 heteroatoms. The molecule has 1 aliphatic rings. The van der Waals surface area contributed by atoms with Crippen molar-refractivity contribution in [3.63, 3.8) is 0 Å². The zero-order valence-corrected chi connectivity index (χ0v) is 18.1. The van der Waals surface area contributed by atoms with Crippen molar-refractivity contribution in [3.8, 4) is 5.75 Å². The van der Waals surface area contributed by atoms with Crippen molar-refractivity contribution in [2.45, 2.75) is 12.5 Å². The van der Waals surface area contributed by atoms with Crippen LogP contribution in [0.25, 0.3) is 5.76 Å². The zero-order valence-electron chi connectivity index (χ0n) is 16.5. The number of aliphatic hydroxyl groups excluding tert-OH is 1. The van der Waals surface area contributed by atoms with E-state index in [-0.39, 0.29) is 11.3 Å². The molecule has 1 aromatic heterocycles. The van der Waals surface area contributed by atoms with Crippen molar-refractivity contribution in [3.05, 3.63) is 56.7 Å². The minimum Gasteiger partial charge on any atom is -0.507 e.